The van der Waals surface area contributed by atoms with Gasteiger partial charge in [0.15, 0.2) is 0 Å². The second-order valence-electron chi connectivity index (χ2n) is 3.38. The smallest absolute Gasteiger partial charge is 0.238 e. The maximum absolute atomic E-state index is 11.6. The summed E-state index contributed by atoms with van der Waals surface area (Å²) < 4.78 is 0. The molecule has 1 unspecified atom stereocenters. The van der Waals surface area contributed by atoms with Gasteiger partial charge in [0.05, 0.1) is 16.7 Å². The van der Waals surface area contributed by atoms with E-state index in [2.05, 4.69) is 26.2 Å². The molecule has 0 saturated heterocycles. The molecule has 3 nitrogen and oxygen atoms in total. The van der Waals surface area contributed by atoms with Crippen molar-refractivity contribution in [2.24, 2.45) is 5.92 Å². The van der Waals surface area contributed by atoms with Gasteiger partial charge < -0.3 is 5.32 Å². The molecule has 0 radical (unpaired) electrons. The molecule has 1 aromatic heterocycles. The number of alkyl halides is 1. The minimum atomic E-state index is -0.164. The number of halogens is 1. The average molecular weight is 257 g/mol. The maximum Gasteiger partial charge on any atom is 0.238 e. The van der Waals surface area contributed by atoms with Crippen LogP contribution in [-0.2, 0) is 4.79 Å². The van der Waals surface area contributed by atoms with Crippen LogP contribution in [0.4, 0.5) is 5.69 Å². The summed E-state index contributed by atoms with van der Waals surface area (Å²) in [6.45, 7) is 3.98. The zero-order chi connectivity index (χ0) is 10.6. The van der Waals surface area contributed by atoms with E-state index < -0.39 is 0 Å². The number of nitrogens with zero attached hydrogens (tertiary/aromatic N) is 1. The standard InChI is InChI=1S/C10H13BrN2O/c1-7(2)9(11)10(14)13-8-4-3-5-12-6-8/h3-7,9H,1-2H3,(H,13,14). The predicted octanol–water partition coefficient (Wildman–Crippen LogP) is 2.44. The number of hydrogen-bond acceptors (Lipinski definition) is 2. The van der Waals surface area contributed by atoms with Gasteiger partial charge in [-0.2, -0.15) is 0 Å². The summed E-state index contributed by atoms with van der Waals surface area (Å²) >= 11 is 3.33. The fourth-order valence-corrected chi connectivity index (χ4v) is 1.07. The Balaban J connectivity index is 2.58. The van der Waals surface area contributed by atoms with Gasteiger partial charge in [0.1, 0.15) is 0 Å². The number of aromatic nitrogens is 1. The Morgan fingerprint density at radius 1 is 1.57 bits per heavy atom. The van der Waals surface area contributed by atoms with E-state index in [1.165, 1.54) is 0 Å². The number of nitrogens with one attached hydrogen (secondary N) is 1. The van der Waals surface area contributed by atoms with Crippen molar-refractivity contribution in [3.05, 3.63) is 24.5 Å². The first-order valence-corrected chi connectivity index (χ1v) is 5.38. The molecule has 0 saturated carbocycles. The van der Waals surface area contributed by atoms with Crippen molar-refractivity contribution < 1.29 is 4.79 Å². The van der Waals surface area contributed by atoms with Crippen molar-refractivity contribution in [1.82, 2.24) is 4.98 Å². The van der Waals surface area contributed by atoms with Gasteiger partial charge in [0, 0.05) is 6.20 Å². The Hall–Kier alpha value is -0.900. The number of pyridine rings is 1. The summed E-state index contributed by atoms with van der Waals surface area (Å²) in [7, 11) is 0. The molecule has 0 aliphatic carbocycles. The summed E-state index contributed by atoms with van der Waals surface area (Å²) in [6.07, 6.45) is 3.29. The lowest BCUT2D eigenvalue weighted by atomic mass is 10.1. The molecule has 14 heavy (non-hydrogen) atoms. The van der Waals surface area contributed by atoms with E-state index in [9.17, 15) is 4.79 Å². The monoisotopic (exact) mass is 256 g/mol. The first kappa shape index (κ1) is 11.2. The molecule has 4 heteroatoms. The molecular formula is C10H13BrN2O. The zero-order valence-electron chi connectivity index (χ0n) is 8.20. The lowest BCUT2D eigenvalue weighted by molar-refractivity contribution is -0.116. The molecule has 0 spiro atoms. The zero-order valence-corrected chi connectivity index (χ0v) is 9.78. The third-order valence-electron chi connectivity index (χ3n) is 1.76. The van der Waals surface area contributed by atoms with Crippen molar-refractivity contribution in [1.29, 1.82) is 0 Å². The molecule has 1 aromatic rings. The normalized spacial score (nSPS) is 12.6. The van der Waals surface area contributed by atoms with Crippen LogP contribution in [0, 0.1) is 5.92 Å². The summed E-state index contributed by atoms with van der Waals surface area (Å²) in [6, 6.07) is 3.60. The molecule has 1 N–H and O–H groups in total. The van der Waals surface area contributed by atoms with E-state index in [-0.39, 0.29) is 16.7 Å². The van der Waals surface area contributed by atoms with Crippen LogP contribution in [0.1, 0.15) is 13.8 Å². The highest BCUT2D eigenvalue weighted by atomic mass is 79.9. The highest BCUT2D eigenvalue weighted by molar-refractivity contribution is 9.10. The van der Waals surface area contributed by atoms with Crippen LogP contribution in [-0.4, -0.2) is 15.7 Å². The van der Waals surface area contributed by atoms with Gasteiger partial charge in [0.2, 0.25) is 5.91 Å². The lowest BCUT2D eigenvalue weighted by Crippen LogP contribution is -2.26. The Labute approximate surface area is 92.1 Å². The molecule has 1 amide bonds. The Kier molecular flexibility index (Phi) is 4.07. The topological polar surface area (TPSA) is 42.0 Å². The second kappa shape index (κ2) is 5.10. The SMILES string of the molecule is CC(C)C(Br)C(=O)Nc1cccnc1. The molecule has 1 heterocycles. The molecule has 0 aromatic carbocycles. The highest BCUT2D eigenvalue weighted by Crippen LogP contribution is 2.14. The van der Waals surface area contributed by atoms with E-state index in [0.717, 1.165) is 5.69 Å². The Morgan fingerprint density at radius 3 is 2.79 bits per heavy atom. The van der Waals surface area contributed by atoms with Gasteiger partial charge in [-0.1, -0.05) is 29.8 Å². The van der Waals surface area contributed by atoms with Crippen LogP contribution < -0.4 is 5.32 Å². The lowest BCUT2D eigenvalue weighted by Gasteiger charge is -2.13. The summed E-state index contributed by atoms with van der Waals surface area (Å²) in [5, 5.41) is 2.77. The second-order valence-corrected chi connectivity index (χ2v) is 4.36. The van der Waals surface area contributed by atoms with Gasteiger partial charge >= 0.3 is 0 Å². The van der Waals surface area contributed by atoms with E-state index >= 15 is 0 Å². The van der Waals surface area contributed by atoms with Gasteiger partial charge in [-0.05, 0) is 18.1 Å². The Bertz CT molecular complexity index is 300. The molecule has 1 rings (SSSR count). The fourth-order valence-electron chi connectivity index (χ4n) is 0.951. The highest BCUT2D eigenvalue weighted by Gasteiger charge is 2.18. The van der Waals surface area contributed by atoms with Crippen LogP contribution in [0.2, 0.25) is 0 Å². The van der Waals surface area contributed by atoms with Crippen LogP contribution in [0.3, 0.4) is 0 Å². The number of carbonyl (C=O) groups is 1. The molecular weight excluding hydrogens is 244 g/mol. The van der Waals surface area contributed by atoms with E-state index in [4.69, 9.17) is 0 Å². The minimum absolute atomic E-state index is 0.0343. The fraction of sp³-hybridized carbons (Fsp3) is 0.400. The van der Waals surface area contributed by atoms with Crippen LogP contribution in [0.15, 0.2) is 24.5 Å². The molecule has 0 aliphatic heterocycles. The first-order chi connectivity index (χ1) is 6.61. The van der Waals surface area contributed by atoms with Gasteiger partial charge in [-0.15, -0.1) is 0 Å². The van der Waals surface area contributed by atoms with Gasteiger partial charge in [-0.25, -0.2) is 0 Å². The number of anilines is 1. The van der Waals surface area contributed by atoms with Crippen molar-refractivity contribution in [2.75, 3.05) is 5.32 Å². The van der Waals surface area contributed by atoms with E-state index in [0.29, 0.717) is 0 Å². The van der Waals surface area contributed by atoms with Crippen molar-refractivity contribution in [3.8, 4) is 0 Å². The van der Waals surface area contributed by atoms with Gasteiger partial charge in [0.25, 0.3) is 0 Å². The van der Waals surface area contributed by atoms with Crippen molar-refractivity contribution in [3.63, 3.8) is 0 Å². The molecule has 0 aliphatic rings. The number of rotatable bonds is 3. The summed E-state index contributed by atoms with van der Waals surface area (Å²) in [4.78, 5) is 15.3. The van der Waals surface area contributed by atoms with Crippen molar-refractivity contribution >= 4 is 27.5 Å². The molecule has 76 valence electrons. The first-order valence-electron chi connectivity index (χ1n) is 4.46. The van der Waals surface area contributed by atoms with Crippen LogP contribution in [0.5, 0.6) is 0 Å². The largest absolute Gasteiger partial charge is 0.324 e. The predicted molar refractivity (Wildman–Crippen MR) is 60.4 cm³/mol. The molecule has 0 bridgehead atoms. The summed E-state index contributed by atoms with van der Waals surface area (Å²) in [5.74, 6) is 0.236. The molecule has 1 atom stereocenters. The summed E-state index contributed by atoms with van der Waals surface area (Å²) in [5.41, 5.74) is 0.725. The number of carbonyl (C=O) groups excluding carboxylic acids is 1. The van der Waals surface area contributed by atoms with Gasteiger partial charge in [-0.3, -0.25) is 9.78 Å². The van der Waals surface area contributed by atoms with E-state index in [1.807, 2.05) is 19.9 Å². The van der Waals surface area contributed by atoms with Crippen LogP contribution >= 0.6 is 15.9 Å². The van der Waals surface area contributed by atoms with Crippen LogP contribution in [0.25, 0.3) is 0 Å². The quantitative estimate of drug-likeness (QED) is 0.845. The van der Waals surface area contributed by atoms with E-state index in [1.54, 1.807) is 18.5 Å². The number of hydrogen-bond donors (Lipinski definition) is 1. The van der Waals surface area contributed by atoms with Crippen molar-refractivity contribution in [2.45, 2.75) is 18.7 Å². The maximum atomic E-state index is 11.6. The Morgan fingerprint density at radius 2 is 2.29 bits per heavy atom. The third-order valence-corrected chi connectivity index (χ3v) is 3.24. The molecule has 0 fully saturated rings. The minimum Gasteiger partial charge on any atom is -0.324 e. The third kappa shape index (κ3) is 3.10. The average Bonchev–Trinajstić information content (AvgIpc) is 2.18. The number of amides is 1.